The van der Waals surface area contributed by atoms with E-state index in [-0.39, 0.29) is 0 Å². The molecule has 1 heterocycles. The Morgan fingerprint density at radius 3 is 2.62 bits per heavy atom. The molecule has 0 radical (unpaired) electrons. The summed E-state index contributed by atoms with van der Waals surface area (Å²) in [7, 11) is 0. The highest BCUT2D eigenvalue weighted by atomic mass is 15.0. The maximum atomic E-state index is 3.57. The van der Waals surface area contributed by atoms with E-state index >= 15 is 0 Å². The first-order valence-corrected chi connectivity index (χ1v) is 8.47. The van der Waals surface area contributed by atoms with Gasteiger partial charge in [0.05, 0.1) is 5.52 Å². The second-order valence-corrected chi connectivity index (χ2v) is 7.03. The van der Waals surface area contributed by atoms with E-state index < -0.39 is 0 Å². The largest absolute Gasteiger partial charge is 0.344 e. The number of fused-ring (bicyclic) bond motifs is 1. The van der Waals surface area contributed by atoms with Crippen molar-refractivity contribution in [2.24, 2.45) is 5.92 Å². The van der Waals surface area contributed by atoms with Crippen LogP contribution in [0.5, 0.6) is 0 Å². The van der Waals surface area contributed by atoms with E-state index in [1.807, 2.05) is 0 Å². The molecule has 0 aliphatic heterocycles. The zero-order chi connectivity index (χ0) is 14.8. The summed E-state index contributed by atoms with van der Waals surface area (Å²) >= 11 is 0. The SMILES string of the molecule is CC1CCC(n2ccc3cccc(CNC(C)C)c32)CC1. The number of para-hydroxylation sites is 1. The molecular weight excluding hydrogens is 256 g/mol. The van der Waals surface area contributed by atoms with Gasteiger partial charge in [-0.1, -0.05) is 39.0 Å². The Morgan fingerprint density at radius 1 is 1.14 bits per heavy atom. The summed E-state index contributed by atoms with van der Waals surface area (Å²) in [6.45, 7) is 7.77. The van der Waals surface area contributed by atoms with Crippen molar-refractivity contribution in [3.8, 4) is 0 Å². The Labute approximate surface area is 128 Å². The molecule has 2 heteroatoms. The van der Waals surface area contributed by atoms with Crippen LogP contribution >= 0.6 is 0 Å². The molecule has 1 N–H and O–H groups in total. The maximum absolute atomic E-state index is 3.57. The van der Waals surface area contributed by atoms with Gasteiger partial charge >= 0.3 is 0 Å². The summed E-state index contributed by atoms with van der Waals surface area (Å²) in [5.74, 6) is 0.908. The molecule has 2 aromatic rings. The molecule has 114 valence electrons. The minimum atomic E-state index is 0.527. The molecule has 1 aliphatic carbocycles. The van der Waals surface area contributed by atoms with Crippen LogP contribution in [0.3, 0.4) is 0 Å². The molecule has 0 bridgehead atoms. The smallest absolute Gasteiger partial charge is 0.0528 e. The van der Waals surface area contributed by atoms with Crippen LogP contribution in [0.15, 0.2) is 30.5 Å². The van der Waals surface area contributed by atoms with E-state index in [1.165, 1.54) is 42.1 Å². The number of hydrogen-bond acceptors (Lipinski definition) is 1. The lowest BCUT2D eigenvalue weighted by Crippen LogP contribution is -2.22. The molecule has 0 unspecified atom stereocenters. The first kappa shape index (κ1) is 14.6. The van der Waals surface area contributed by atoms with Crippen LogP contribution in [0.1, 0.15) is 58.1 Å². The van der Waals surface area contributed by atoms with Crippen LogP contribution in [0, 0.1) is 5.92 Å². The molecule has 1 aliphatic rings. The monoisotopic (exact) mass is 284 g/mol. The number of aromatic nitrogens is 1. The standard InChI is InChI=1S/C19H28N2/c1-14(2)20-13-17-6-4-5-16-11-12-21(19(16)17)18-9-7-15(3)8-10-18/h4-6,11-12,14-15,18,20H,7-10,13H2,1-3H3. The van der Waals surface area contributed by atoms with Crippen LogP contribution in [0.2, 0.25) is 0 Å². The van der Waals surface area contributed by atoms with E-state index in [2.05, 4.69) is 61.1 Å². The van der Waals surface area contributed by atoms with Crippen LogP contribution in [0.25, 0.3) is 10.9 Å². The van der Waals surface area contributed by atoms with Gasteiger partial charge in [-0.15, -0.1) is 0 Å². The Kier molecular flexibility index (Phi) is 4.34. The van der Waals surface area contributed by atoms with Gasteiger partial charge in [0, 0.05) is 24.8 Å². The summed E-state index contributed by atoms with van der Waals surface area (Å²) in [5, 5.41) is 4.95. The normalized spacial score (nSPS) is 23.0. The van der Waals surface area contributed by atoms with Crippen molar-refractivity contribution in [3.05, 3.63) is 36.0 Å². The van der Waals surface area contributed by atoms with E-state index in [0.717, 1.165) is 12.5 Å². The van der Waals surface area contributed by atoms with Crippen LogP contribution in [-0.2, 0) is 6.54 Å². The van der Waals surface area contributed by atoms with Gasteiger partial charge in [-0.2, -0.15) is 0 Å². The molecule has 0 amide bonds. The van der Waals surface area contributed by atoms with E-state index in [1.54, 1.807) is 0 Å². The van der Waals surface area contributed by atoms with E-state index in [9.17, 15) is 0 Å². The highest BCUT2D eigenvalue weighted by Gasteiger charge is 2.21. The van der Waals surface area contributed by atoms with Gasteiger partial charge in [-0.25, -0.2) is 0 Å². The van der Waals surface area contributed by atoms with Crippen molar-refractivity contribution in [1.82, 2.24) is 9.88 Å². The molecule has 0 saturated heterocycles. The molecule has 1 aromatic carbocycles. The lowest BCUT2D eigenvalue weighted by molar-refractivity contribution is 0.294. The number of hydrogen-bond donors (Lipinski definition) is 1. The molecule has 1 aromatic heterocycles. The van der Waals surface area contributed by atoms with Crippen molar-refractivity contribution in [1.29, 1.82) is 0 Å². The van der Waals surface area contributed by atoms with Crippen LogP contribution < -0.4 is 5.32 Å². The molecule has 0 atom stereocenters. The summed E-state index contributed by atoms with van der Waals surface area (Å²) in [5.41, 5.74) is 2.88. The minimum Gasteiger partial charge on any atom is -0.344 e. The fourth-order valence-electron chi connectivity index (χ4n) is 3.58. The van der Waals surface area contributed by atoms with Gasteiger partial charge < -0.3 is 9.88 Å². The third-order valence-electron chi connectivity index (χ3n) is 4.90. The number of nitrogens with zero attached hydrogens (tertiary/aromatic N) is 1. The van der Waals surface area contributed by atoms with Gasteiger partial charge in [-0.05, 0) is 48.6 Å². The Bertz CT molecular complexity index is 589. The second-order valence-electron chi connectivity index (χ2n) is 7.03. The molecular formula is C19H28N2. The van der Waals surface area contributed by atoms with Gasteiger partial charge in [0.1, 0.15) is 0 Å². The van der Waals surface area contributed by atoms with Crippen LogP contribution in [-0.4, -0.2) is 10.6 Å². The van der Waals surface area contributed by atoms with Gasteiger partial charge in [0.25, 0.3) is 0 Å². The van der Waals surface area contributed by atoms with E-state index in [0.29, 0.717) is 12.1 Å². The van der Waals surface area contributed by atoms with Gasteiger partial charge in [-0.3, -0.25) is 0 Å². The average Bonchev–Trinajstić information content (AvgIpc) is 2.90. The number of benzene rings is 1. The quantitative estimate of drug-likeness (QED) is 0.845. The van der Waals surface area contributed by atoms with E-state index in [4.69, 9.17) is 0 Å². The first-order chi connectivity index (χ1) is 10.1. The van der Waals surface area contributed by atoms with Crippen LogP contribution in [0.4, 0.5) is 0 Å². The maximum Gasteiger partial charge on any atom is 0.0528 e. The van der Waals surface area contributed by atoms with Crippen molar-refractivity contribution >= 4 is 10.9 Å². The summed E-state index contributed by atoms with van der Waals surface area (Å²) in [4.78, 5) is 0. The Hall–Kier alpha value is -1.28. The molecule has 1 fully saturated rings. The Morgan fingerprint density at radius 2 is 1.90 bits per heavy atom. The third-order valence-corrected chi connectivity index (χ3v) is 4.90. The second kappa shape index (κ2) is 6.23. The fourth-order valence-corrected chi connectivity index (χ4v) is 3.58. The molecule has 1 saturated carbocycles. The zero-order valence-electron chi connectivity index (χ0n) is 13.6. The van der Waals surface area contributed by atoms with Crippen molar-refractivity contribution in [3.63, 3.8) is 0 Å². The third kappa shape index (κ3) is 3.16. The van der Waals surface area contributed by atoms with Gasteiger partial charge in [0.15, 0.2) is 0 Å². The zero-order valence-corrected chi connectivity index (χ0v) is 13.6. The van der Waals surface area contributed by atoms with Crippen molar-refractivity contribution < 1.29 is 0 Å². The predicted octanol–water partition coefficient (Wildman–Crippen LogP) is 4.89. The summed E-state index contributed by atoms with van der Waals surface area (Å²) < 4.78 is 2.55. The fraction of sp³-hybridized carbons (Fsp3) is 0.579. The predicted molar refractivity (Wildman–Crippen MR) is 90.6 cm³/mol. The molecule has 21 heavy (non-hydrogen) atoms. The highest BCUT2D eigenvalue weighted by Crippen LogP contribution is 2.35. The lowest BCUT2D eigenvalue weighted by Gasteiger charge is -2.28. The Balaban J connectivity index is 1.91. The average molecular weight is 284 g/mol. The minimum absolute atomic E-state index is 0.527. The molecule has 2 nitrogen and oxygen atoms in total. The number of nitrogens with one attached hydrogen (secondary N) is 1. The van der Waals surface area contributed by atoms with Crippen molar-refractivity contribution in [2.45, 2.75) is 65.1 Å². The lowest BCUT2D eigenvalue weighted by atomic mass is 9.87. The first-order valence-electron chi connectivity index (χ1n) is 8.47. The molecule has 0 spiro atoms. The number of rotatable bonds is 4. The van der Waals surface area contributed by atoms with Crippen molar-refractivity contribution in [2.75, 3.05) is 0 Å². The van der Waals surface area contributed by atoms with Gasteiger partial charge in [0.2, 0.25) is 0 Å². The summed E-state index contributed by atoms with van der Waals surface area (Å²) in [6.07, 6.45) is 7.71. The molecule has 3 rings (SSSR count). The summed E-state index contributed by atoms with van der Waals surface area (Å²) in [6, 6.07) is 10.2. The topological polar surface area (TPSA) is 17.0 Å². The highest BCUT2D eigenvalue weighted by molar-refractivity contribution is 5.83.